The summed E-state index contributed by atoms with van der Waals surface area (Å²) in [7, 11) is 0. The maximum atomic E-state index is 12.1. The molecule has 1 aromatic rings. The van der Waals surface area contributed by atoms with Crippen LogP contribution in [0.15, 0.2) is 36.4 Å². The molecule has 2 N–H and O–H groups in total. The molecule has 1 heterocycles. The Morgan fingerprint density at radius 2 is 2.04 bits per heavy atom. The van der Waals surface area contributed by atoms with Gasteiger partial charge in [-0.1, -0.05) is 24.3 Å². The highest BCUT2D eigenvalue weighted by molar-refractivity contribution is 6.06. The number of ether oxygens (including phenoxy) is 1. The van der Waals surface area contributed by atoms with E-state index in [-0.39, 0.29) is 19.1 Å². The minimum Gasteiger partial charge on any atom is -0.491 e. The molecule has 6 nitrogen and oxygen atoms in total. The quantitative estimate of drug-likeness (QED) is 0.612. The lowest BCUT2D eigenvalue weighted by Gasteiger charge is -2.19. The number of rotatable bonds is 6. The van der Waals surface area contributed by atoms with Crippen molar-refractivity contribution in [1.29, 1.82) is 0 Å². The fourth-order valence-corrected chi connectivity index (χ4v) is 3.16. The van der Waals surface area contributed by atoms with E-state index in [1.807, 2.05) is 24.3 Å². The van der Waals surface area contributed by atoms with E-state index in [0.29, 0.717) is 11.7 Å². The second-order valence-corrected chi connectivity index (χ2v) is 7.12. The molecule has 1 saturated heterocycles. The zero-order chi connectivity index (χ0) is 18.0. The van der Waals surface area contributed by atoms with Crippen molar-refractivity contribution < 1.29 is 19.4 Å². The Hall–Kier alpha value is -2.34. The second-order valence-electron chi connectivity index (χ2n) is 7.12. The molecule has 1 fully saturated rings. The van der Waals surface area contributed by atoms with Crippen LogP contribution in [-0.2, 0) is 4.79 Å². The highest BCUT2D eigenvalue weighted by Crippen LogP contribution is 2.29. The molecule has 1 aromatic carbocycles. The van der Waals surface area contributed by atoms with Gasteiger partial charge in [-0.2, -0.15) is 0 Å². The summed E-state index contributed by atoms with van der Waals surface area (Å²) in [5.74, 6) is 0.788. The van der Waals surface area contributed by atoms with Crippen LogP contribution in [0.3, 0.4) is 0 Å². The first kappa shape index (κ1) is 17.5. The minimum absolute atomic E-state index is 0.0141. The number of hydrogen-bond acceptors (Lipinski definition) is 4. The molecule has 0 saturated carbocycles. The van der Waals surface area contributed by atoms with Crippen LogP contribution in [-0.4, -0.2) is 46.7 Å². The van der Waals surface area contributed by atoms with Gasteiger partial charge in [-0.05, 0) is 44.4 Å². The standard InChI is InChI=1S/C19H24N2O4/c1-19(2)17(23)21(18(24)20-19)11-15(22)12-25-16-9-7-14(8-10-16)13-5-3-4-6-13/h3,5,7-10,13,15,22H,4,6,11-12H2,1-2H3,(H,20,24). The molecule has 3 rings (SSSR count). The van der Waals surface area contributed by atoms with Gasteiger partial charge in [-0.3, -0.25) is 9.69 Å². The molecule has 1 aliphatic carbocycles. The smallest absolute Gasteiger partial charge is 0.325 e. The summed E-state index contributed by atoms with van der Waals surface area (Å²) in [4.78, 5) is 24.9. The van der Waals surface area contributed by atoms with Crippen molar-refractivity contribution in [1.82, 2.24) is 10.2 Å². The van der Waals surface area contributed by atoms with Crippen molar-refractivity contribution in [2.45, 2.75) is 44.2 Å². The monoisotopic (exact) mass is 344 g/mol. The number of benzene rings is 1. The lowest BCUT2D eigenvalue weighted by Crippen LogP contribution is -2.42. The molecule has 2 atom stereocenters. The molecule has 0 spiro atoms. The van der Waals surface area contributed by atoms with Crippen LogP contribution >= 0.6 is 0 Å². The van der Waals surface area contributed by atoms with Crippen LogP contribution in [0.4, 0.5) is 4.79 Å². The molecule has 2 aliphatic rings. The third-order valence-corrected chi connectivity index (χ3v) is 4.60. The molecule has 3 amide bonds. The van der Waals surface area contributed by atoms with Crippen LogP contribution in [0.2, 0.25) is 0 Å². The van der Waals surface area contributed by atoms with Gasteiger partial charge in [-0.25, -0.2) is 4.79 Å². The number of hydrogen-bond donors (Lipinski definition) is 2. The molecule has 0 radical (unpaired) electrons. The van der Waals surface area contributed by atoms with Crippen LogP contribution in [0.5, 0.6) is 5.75 Å². The molecule has 25 heavy (non-hydrogen) atoms. The first-order valence-corrected chi connectivity index (χ1v) is 8.58. The number of nitrogens with zero attached hydrogens (tertiary/aromatic N) is 1. The zero-order valence-electron chi connectivity index (χ0n) is 14.6. The van der Waals surface area contributed by atoms with E-state index in [1.165, 1.54) is 5.56 Å². The van der Waals surface area contributed by atoms with Gasteiger partial charge in [0.15, 0.2) is 0 Å². The van der Waals surface area contributed by atoms with Gasteiger partial charge in [0.05, 0.1) is 6.54 Å². The fraction of sp³-hybridized carbons (Fsp3) is 0.474. The highest BCUT2D eigenvalue weighted by Gasteiger charge is 2.44. The summed E-state index contributed by atoms with van der Waals surface area (Å²) in [5, 5.41) is 12.7. The first-order valence-electron chi connectivity index (χ1n) is 8.58. The van der Waals surface area contributed by atoms with E-state index < -0.39 is 17.7 Å². The van der Waals surface area contributed by atoms with Crippen molar-refractivity contribution in [3.05, 3.63) is 42.0 Å². The molecular weight excluding hydrogens is 320 g/mol. The minimum atomic E-state index is -0.943. The summed E-state index contributed by atoms with van der Waals surface area (Å²) in [6.45, 7) is 3.20. The van der Waals surface area contributed by atoms with Gasteiger partial charge in [0, 0.05) is 5.92 Å². The summed E-state index contributed by atoms with van der Waals surface area (Å²) in [6, 6.07) is 7.34. The number of carbonyl (C=O) groups excluding carboxylic acids is 2. The Kier molecular flexibility index (Phi) is 4.81. The van der Waals surface area contributed by atoms with Crippen LogP contribution in [0.1, 0.15) is 38.2 Å². The number of amides is 3. The number of imide groups is 1. The van der Waals surface area contributed by atoms with Crippen molar-refractivity contribution >= 4 is 11.9 Å². The van der Waals surface area contributed by atoms with Crippen molar-refractivity contribution in [2.24, 2.45) is 0 Å². The van der Waals surface area contributed by atoms with Gasteiger partial charge >= 0.3 is 6.03 Å². The average molecular weight is 344 g/mol. The van der Waals surface area contributed by atoms with Crippen LogP contribution in [0, 0.1) is 0 Å². The predicted octanol–water partition coefficient (Wildman–Crippen LogP) is 2.19. The Labute approximate surface area is 147 Å². The number of β-amino-alcohol motifs (C(OH)–C–C–N with tert-alkyl or cyclic N) is 1. The van der Waals surface area contributed by atoms with E-state index in [2.05, 4.69) is 17.5 Å². The molecular formula is C19H24N2O4. The maximum absolute atomic E-state index is 12.1. The summed E-state index contributed by atoms with van der Waals surface area (Å²) in [6.07, 6.45) is 5.73. The highest BCUT2D eigenvalue weighted by atomic mass is 16.5. The average Bonchev–Trinajstić information content (AvgIpc) is 3.17. The Bertz CT molecular complexity index is 681. The Balaban J connectivity index is 1.50. The second kappa shape index (κ2) is 6.88. The van der Waals surface area contributed by atoms with Gasteiger partial charge in [0.2, 0.25) is 0 Å². The zero-order valence-corrected chi connectivity index (χ0v) is 14.6. The molecule has 0 aromatic heterocycles. The number of carbonyl (C=O) groups is 2. The summed E-state index contributed by atoms with van der Waals surface area (Å²) >= 11 is 0. The van der Waals surface area contributed by atoms with Crippen molar-refractivity contribution in [2.75, 3.05) is 13.2 Å². The fourth-order valence-electron chi connectivity index (χ4n) is 3.16. The third kappa shape index (κ3) is 3.85. The Morgan fingerprint density at radius 3 is 2.60 bits per heavy atom. The predicted molar refractivity (Wildman–Crippen MR) is 93.4 cm³/mol. The van der Waals surface area contributed by atoms with Crippen molar-refractivity contribution in [3.8, 4) is 5.75 Å². The SMILES string of the molecule is CC1(C)NC(=O)N(CC(O)COc2ccc(C3C=CCC3)cc2)C1=O. The van der Waals surface area contributed by atoms with Crippen LogP contribution < -0.4 is 10.1 Å². The largest absolute Gasteiger partial charge is 0.491 e. The van der Waals surface area contributed by atoms with E-state index in [1.54, 1.807) is 13.8 Å². The number of nitrogens with one attached hydrogen (secondary N) is 1. The van der Waals surface area contributed by atoms with Crippen molar-refractivity contribution in [3.63, 3.8) is 0 Å². The molecule has 134 valence electrons. The van der Waals surface area contributed by atoms with E-state index in [0.717, 1.165) is 17.7 Å². The summed E-state index contributed by atoms with van der Waals surface area (Å²) < 4.78 is 5.58. The molecule has 2 unspecified atom stereocenters. The third-order valence-electron chi connectivity index (χ3n) is 4.60. The van der Waals surface area contributed by atoms with E-state index >= 15 is 0 Å². The van der Waals surface area contributed by atoms with E-state index in [9.17, 15) is 14.7 Å². The molecule has 0 bridgehead atoms. The number of urea groups is 1. The maximum Gasteiger partial charge on any atom is 0.325 e. The normalized spacial score (nSPS) is 23.0. The number of aliphatic hydroxyl groups is 1. The topological polar surface area (TPSA) is 78.9 Å². The van der Waals surface area contributed by atoms with Gasteiger partial charge in [0.1, 0.15) is 24.0 Å². The summed E-state index contributed by atoms with van der Waals surface area (Å²) in [5.41, 5.74) is 0.325. The number of allylic oxidation sites excluding steroid dienone is 2. The lowest BCUT2D eigenvalue weighted by atomic mass is 9.99. The van der Waals surface area contributed by atoms with E-state index in [4.69, 9.17) is 4.74 Å². The number of aliphatic hydroxyl groups excluding tert-OH is 1. The lowest BCUT2D eigenvalue weighted by molar-refractivity contribution is -0.131. The van der Waals surface area contributed by atoms with Gasteiger partial charge < -0.3 is 15.2 Å². The molecule has 6 heteroatoms. The van der Waals surface area contributed by atoms with Gasteiger partial charge in [0.25, 0.3) is 5.91 Å². The first-order chi connectivity index (χ1) is 11.9. The van der Waals surface area contributed by atoms with Crippen LogP contribution in [0.25, 0.3) is 0 Å². The molecule has 1 aliphatic heterocycles. The Morgan fingerprint density at radius 1 is 1.32 bits per heavy atom. The van der Waals surface area contributed by atoms with Gasteiger partial charge in [-0.15, -0.1) is 0 Å².